The highest BCUT2D eigenvalue weighted by molar-refractivity contribution is 6.63. The first kappa shape index (κ1) is 8.27. The van der Waals surface area contributed by atoms with Gasteiger partial charge in [-0.2, -0.15) is 0 Å². The van der Waals surface area contributed by atoms with E-state index in [1.165, 1.54) is 0 Å². The van der Waals surface area contributed by atoms with Crippen molar-refractivity contribution < 1.29 is 18.5 Å². The van der Waals surface area contributed by atoms with Crippen molar-refractivity contribution >= 4 is 18.1 Å². The Hall–Kier alpha value is 0.274. The maximum atomic E-state index is 8.25. The maximum Gasteiger partial charge on any atom is 0.660 e. The standard InChI is InChI=1S/C2H10O4Si2/c1-7(2)6-8(3,4)5/h3-5,7H,1-2H3. The van der Waals surface area contributed by atoms with Crippen molar-refractivity contribution in [2.75, 3.05) is 0 Å². The highest BCUT2D eigenvalue weighted by Gasteiger charge is 2.31. The molecule has 0 spiro atoms. The predicted octanol–water partition coefficient (Wildman–Crippen LogP) is -1.60. The van der Waals surface area contributed by atoms with Crippen LogP contribution >= 0.6 is 0 Å². The minimum absolute atomic E-state index is 1.48. The minimum atomic E-state index is -4.16. The zero-order chi connectivity index (χ0) is 6.78. The van der Waals surface area contributed by atoms with Crippen LogP contribution in [0.3, 0.4) is 0 Å². The van der Waals surface area contributed by atoms with E-state index in [0.29, 0.717) is 0 Å². The van der Waals surface area contributed by atoms with Crippen LogP contribution in [-0.4, -0.2) is 32.5 Å². The van der Waals surface area contributed by atoms with E-state index in [-0.39, 0.29) is 0 Å². The fourth-order valence-corrected chi connectivity index (χ4v) is 2.85. The fourth-order valence-electron chi connectivity index (χ4n) is 0.316. The second-order valence-electron chi connectivity index (χ2n) is 1.74. The van der Waals surface area contributed by atoms with Gasteiger partial charge in [0.05, 0.1) is 0 Å². The molecule has 0 aliphatic rings. The van der Waals surface area contributed by atoms with Crippen LogP contribution in [0.25, 0.3) is 0 Å². The highest BCUT2D eigenvalue weighted by Crippen LogP contribution is 1.91. The molecule has 0 aliphatic carbocycles. The van der Waals surface area contributed by atoms with Gasteiger partial charge in [0.2, 0.25) is 0 Å². The fraction of sp³-hybridized carbons (Fsp3) is 1.00. The predicted molar refractivity (Wildman–Crippen MR) is 32.4 cm³/mol. The Morgan fingerprint density at radius 3 is 1.62 bits per heavy atom. The lowest BCUT2D eigenvalue weighted by molar-refractivity contribution is 0.129. The molecule has 0 bridgehead atoms. The average molecular weight is 154 g/mol. The Morgan fingerprint density at radius 1 is 1.25 bits per heavy atom. The van der Waals surface area contributed by atoms with Gasteiger partial charge in [0.1, 0.15) is 0 Å². The van der Waals surface area contributed by atoms with Gasteiger partial charge in [-0.1, -0.05) is 0 Å². The van der Waals surface area contributed by atoms with Crippen LogP contribution in [0.5, 0.6) is 0 Å². The first-order valence-corrected chi connectivity index (χ1v) is 6.80. The molecule has 4 nitrogen and oxygen atoms in total. The van der Waals surface area contributed by atoms with Crippen molar-refractivity contribution in [1.82, 2.24) is 0 Å². The van der Waals surface area contributed by atoms with Crippen LogP contribution in [0.1, 0.15) is 0 Å². The number of hydrogen-bond acceptors (Lipinski definition) is 4. The molecule has 0 saturated carbocycles. The third kappa shape index (κ3) is 6.27. The van der Waals surface area contributed by atoms with E-state index in [4.69, 9.17) is 14.4 Å². The Morgan fingerprint density at radius 2 is 1.62 bits per heavy atom. The summed E-state index contributed by atoms with van der Waals surface area (Å²) < 4.78 is 4.38. The molecular formula is C2H10O4Si2. The summed E-state index contributed by atoms with van der Waals surface area (Å²) in [6.07, 6.45) is 0. The molecule has 50 valence electrons. The summed E-state index contributed by atoms with van der Waals surface area (Å²) >= 11 is 0. The molecule has 0 aromatic carbocycles. The molecule has 0 fully saturated rings. The van der Waals surface area contributed by atoms with Gasteiger partial charge < -0.3 is 18.5 Å². The van der Waals surface area contributed by atoms with E-state index in [2.05, 4.69) is 4.12 Å². The largest absolute Gasteiger partial charge is 0.660 e. The van der Waals surface area contributed by atoms with Gasteiger partial charge in [-0.05, 0) is 13.1 Å². The van der Waals surface area contributed by atoms with Crippen LogP contribution in [0.4, 0.5) is 0 Å². The molecule has 0 unspecified atom stereocenters. The molecule has 0 atom stereocenters. The topological polar surface area (TPSA) is 69.9 Å². The molecule has 8 heavy (non-hydrogen) atoms. The van der Waals surface area contributed by atoms with Crippen LogP contribution in [0.2, 0.25) is 13.1 Å². The molecular weight excluding hydrogens is 144 g/mol. The van der Waals surface area contributed by atoms with Crippen molar-refractivity contribution in [2.24, 2.45) is 0 Å². The summed E-state index contributed by atoms with van der Waals surface area (Å²) in [6, 6.07) is 0. The van der Waals surface area contributed by atoms with Gasteiger partial charge in [-0.15, -0.1) is 0 Å². The molecule has 6 heteroatoms. The van der Waals surface area contributed by atoms with Gasteiger partial charge in [-0.25, -0.2) is 0 Å². The van der Waals surface area contributed by atoms with E-state index in [9.17, 15) is 0 Å². The summed E-state index contributed by atoms with van der Waals surface area (Å²) in [5.41, 5.74) is 0. The zero-order valence-electron chi connectivity index (χ0n) is 4.83. The lowest BCUT2D eigenvalue weighted by atomic mass is 11.9. The summed E-state index contributed by atoms with van der Waals surface area (Å²) in [5, 5.41) is 0. The zero-order valence-corrected chi connectivity index (χ0v) is 6.98. The van der Waals surface area contributed by atoms with Crippen molar-refractivity contribution in [2.45, 2.75) is 13.1 Å². The SMILES string of the molecule is C[SiH](C)O[Si](O)(O)O. The maximum absolute atomic E-state index is 8.25. The first-order chi connectivity index (χ1) is 3.42. The Kier molecular flexibility index (Phi) is 2.81. The Labute approximate surface area is 50.6 Å². The third-order valence-corrected chi connectivity index (χ3v) is 3.54. The van der Waals surface area contributed by atoms with Gasteiger partial charge in [-0.3, -0.25) is 0 Å². The Balaban J connectivity index is 3.39. The van der Waals surface area contributed by atoms with Crippen LogP contribution in [-0.2, 0) is 4.12 Å². The minimum Gasteiger partial charge on any atom is -0.397 e. The third-order valence-electron chi connectivity index (χ3n) is 0.394. The van der Waals surface area contributed by atoms with Crippen molar-refractivity contribution in [1.29, 1.82) is 0 Å². The average Bonchev–Trinajstić information content (AvgIpc) is 1.21. The van der Waals surface area contributed by atoms with E-state index in [1.807, 2.05) is 0 Å². The van der Waals surface area contributed by atoms with Crippen LogP contribution in [0.15, 0.2) is 0 Å². The lowest BCUT2D eigenvalue weighted by Gasteiger charge is -2.11. The first-order valence-electron chi connectivity index (χ1n) is 2.27. The molecule has 0 heterocycles. The molecule has 0 aliphatic heterocycles. The molecule has 3 N–H and O–H groups in total. The van der Waals surface area contributed by atoms with E-state index < -0.39 is 18.1 Å². The quantitative estimate of drug-likeness (QED) is 0.419. The van der Waals surface area contributed by atoms with Crippen LogP contribution in [0, 0.1) is 0 Å². The monoisotopic (exact) mass is 154 g/mol. The van der Waals surface area contributed by atoms with Crippen molar-refractivity contribution in [3.8, 4) is 0 Å². The number of hydrogen-bond donors (Lipinski definition) is 3. The van der Waals surface area contributed by atoms with Crippen LogP contribution < -0.4 is 0 Å². The smallest absolute Gasteiger partial charge is 0.397 e. The van der Waals surface area contributed by atoms with E-state index in [0.717, 1.165) is 0 Å². The van der Waals surface area contributed by atoms with Gasteiger partial charge in [0, 0.05) is 0 Å². The van der Waals surface area contributed by atoms with Gasteiger partial charge in [0.15, 0.2) is 9.04 Å². The summed E-state index contributed by atoms with van der Waals surface area (Å²) in [7, 11) is -5.64. The van der Waals surface area contributed by atoms with Gasteiger partial charge in [0.25, 0.3) is 0 Å². The second kappa shape index (κ2) is 2.71. The molecule has 0 radical (unpaired) electrons. The van der Waals surface area contributed by atoms with Crippen molar-refractivity contribution in [3.63, 3.8) is 0 Å². The van der Waals surface area contributed by atoms with Gasteiger partial charge >= 0.3 is 9.05 Å². The molecule has 0 aromatic heterocycles. The highest BCUT2D eigenvalue weighted by atomic mass is 28.4. The molecule has 0 rings (SSSR count). The summed E-state index contributed by atoms with van der Waals surface area (Å²) in [6.45, 7) is 3.48. The molecule has 0 aromatic rings. The van der Waals surface area contributed by atoms with E-state index in [1.54, 1.807) is 13.1 Å². The molecule has 0 amide bonds. The number of rotatable bonds is 2. The van der Waals surface area contributed by atoms with Crippen molar-refractivity contribution in [3.05, 3.63) is 0 Å². The normalized spacial score (nSPS) is 12.8. The second-order valence-corrected chi connectivity index (χ2v) is 5.93. The van der Waals surface area contributed by atoms with E-state index >= 15 is 0 Å². The molecule has 0 saturated heterocycles. The lowest BCUT2D eigenvalue weighted by Crippen LogP contribution is -2.42. The Bertz CT molecular complexity index is 66.9. The summed E-state index contributed by atoms with van der Waals surface area (Å²) in [5.74, 6) is 0. The summed E-state index contributed by atoms with van der Waals surface area (Å²) in [4.78, 5) is 24.8.